The van der Waals surface area contributed by atoms with Crippen LogP contribution in [0.2, 0.25) is 0 Å². The molecule has 0 aliphatic carbocycles. The van der Waals surface area contributed by atoms with Crippen LogP contribution in [-0.4, -0.2) is 9.97 Å². The van der Waals surface area contributed by atoms with E-state index in [0.717, 1.165) is 23.4 Å². The number of hydrogen-bond donors (Lipinski definition) is 2. The van der Waals surface area contributed by atoms with Crippen molar-refractivity contribution in [2.24, 2.45) is 0 Å². The summed E-state index contributed by atoms with van der Waals surface area (Å²) in [6.07, 6.45) is 0. The summed E-state index contributed by atoms with van der Waals surface area (Å²) >= 11 is 0. The summed E-state index contributed by atoms with van der Waals surface area (Å²) in [5, 5.41) is 3.50. The summed E-state index contributed by atoms with van der Waals surface area (Å²) in [7, 11) is 0. The molecule has 0 radical (unpaired) electrons. The van der Waals surface area contributed by atoms with E-state index in [0.29, 0.717) is 0 Å². The Morgan fingerprint density at radius 3 is 2.60 bits per heavy atom. The summed E-state index contributed by atoms with van der Waals surface area (Å²) in [5.41, 5.74) is 4.69. The molecule has 0 spiro atoms. The van der Waals surface area contributed by atoms with Crippen LogP contribution in [0.25, 0.3) is 11.0 Å². The van der Waals surface area contributed by atoms with Crippen molar-refractivity contribution in [3.05, 3.63) is 65.5 Å². The van der Waals surface area contributed by atoms with Gasteiger partial charge in [-0.2, -0.15) is 0 Å². The molecule has 102 valence electrons. The molecule has 0 saturated carbocycles. The van der Waals surface area contributed by atoms with Gasteiger partial charge < -0.3 is 10.3 Å². The highest BCUT2D eigenvalue weighted by atomic mass is 15.0. The Kier molecular flexibility index (Phi) is 3.52. The van der Waals surface area contributed by atoms with Crippen LogP contribution in [0.1, 0.15) is 29.9 Å². The molecule has 3 aromatic rings. The summed E-state index contributed by atoms with van der Waals surface area (Å²) in [5.74, 6) is 0.985. The predicted octanol–water partition coefficient (Wildman–Crippen LogP) is 3.72. The highest BCUT2D eigenvalue weighted by Crippen LogP contribution is 2.16. The number of H-pyrrole nitrogens is 1. The van der Waals surface area contributed by atoms with Crippen molar-refractivity contribution in [3.8, 4) is 0 Å². The minimum Gasteiger partial charge on any atom is -0.341 e. The number of hydrogen-bond acceptors (Lipinski definition) is 2. The third kappa shape index (κ3) is 2.73. The number of rotatable bonds is 4. The molecule has 0 amide bonds. The zero-order chi connectivity index (χ0) is 13.9. The van der Waals surface area contributed by atoms with Gasteiger partial charge in [0.15, 0.2) is 0 Å². The maximum absolute atomic E-state index is 4.62. The summed E-state index contributed by atoms with van der Waals surface area (Å²) < 4.78 is 0. The largest absolute Gasteiger partial charge is 0.341 e. The van der Waals surface area contributed by atoms with Gasteiger partial charge in [-0.25, -0.2) is 4.98 Å². The van der Waals surface area contributed by atoms with Gasteiger partial charge in [0, 0.05) is 6.54 Å². The van der Waals surface area contributed by atoms with Crippen molar-refractivity contribution in [1.29, 1.82) is 0 Å². The lowest BCUT2D eigenvalue weighted by Gasteiger charge is -2.11. The lowest BCUT2D eigenvalue weighted by molar-refractivity contribution is 0.552. The topological polar surface area (TPSA) is 40.7 Å². The van der Waals surface area contributed by atoms with E-state index in [9.17, 15) is 0 Å². The van der Waals surface area contributed by atoms with Crippen LogP contribution in [0.15, 0.2) is 48.5 Å². The second-order valence-electron chi connectivity index (χ2n) is 5.23. The highest BCUT2D eigenvalue weighted by molar-refractivity contribution is 5.74. The van der Waals surface area contributed by atoms with Gasteiger partial charge in [-0.05, 0) is 31.5 Å². The lowest BCUT2D eigenvalue weighted by Crippen LogP contribution is -2.19. The Labute approximate surface area is 119 Å². The minimum absolute atomic E-state index is 0.198. The number of fused-ring (bicyclic) bond motifs is 1. The number of nitrogens with zero attached hydrogens (tertiary/aromatic N) is 1. The molecule has 1 heterocycles. The number of para-hydroxylation sites is 2. The maximum Gasteiger partial charge on any atom is 0.124 e. The normalized spacial score (nSPS) is 12.7. The van der Waals surface area contributed by atoms with Gasteiger partial charge in [0.05, 0.1) is 17.1 Å². The molecule has 2 N–H and O–H groups in total. The smallest absolute Gasteiger partial charge is 0.124 e. The molecule has 0 saturated heterocycles. The van der Waals surface area contributed by atoms with Crippen molar-refractivity contribution < 1.29 is 0 Å². The molecule has 0 aliphatic heterocycles. The lowest BCUT2D eigenvalue weighted by atomic mass is 10.1. The first-order valence-electron chi connectivity index (χ1n) is 6.96. The quantitative estimate of drug-likeness (QED) is 0.754. The van der Waals surface area contributed by atoms with Gasteiger partial charge in [0.25, 0.3) is 0 Å². The van der Waals surface area contributed by atoms with Crippen molar-refractivity contribution in [1.82, 2.24) is 15.3 Å². The average molecular weight is 265 g/mol. The van der Waals surface area contributed by atoms with Gasteiger partial charge in [-0.1, -0.05) is 42.0 Å². The van der Waals surface area contributed by atoms with Crippen molar-refractivity contribution >= 4 is 11.0 Å². The van der Waals surface area contributed by atoms with E-state index in [-0.39, 0.29) is 6.04 Å². The van der Waals surface area contributed by atoms with E-state index < -0.39 is 0 Å². The Bertz CT molecular complexity index is 665. The summed E-state index contributed by atoms with van der Waals surface area (Å²) in [6.45, 7) is 5.08. The number of aromatic nitrogens is 2. The van der Waals surface area contributed by atoms with Gasteiger partial charge in [-0.3, -0.25) is 0 Å². The van der Waals surface area contributed by atoms with Crippen LogP contribution in [0, 0.1) is 6.92 Å². The number of imidazole rings is 1. The molecule has 3 heteroatoms. The van der Waals surface area contributed by atoms with E-state index in [2.05, 4.69) is 59.5 Å². The number of nitrogens with one attached hydrogen (secondary N) is 2. The zero-order valence-corrected chi connectivity index (χ0v) is 11.9. The molecular formula is C17H19N3. The van der Waals surface area contributed by atoms with Crippen LogP contribution < -0.4 is 5.32 Å². The van der Waals surface area contributed by atoms with Crippen molar-refractivity contribution in [2.75, 3.05) is 0 Å². The maximum atomic E-state index is 4.62. The monoisotopic (exact) mass is 265 g/mol. The number of aromatic amines is 1. The van der Waals surface area contributed by atoms with Crippen LogP contribution >= 0.6 is 0 Å². The summed E-state index contributed by atoms with van der Waals surface area (Å²) in [6, 6.07) is 16.9. The number of benzene rings is 2. The first-order chi connectivity index (χ1) is 9.72. The van der Waals surface area contributed by atoms with Crippen LogP contribution in [0.3, 0.4) is 0 Å². The van der Waals surface area contributed by atoms with E-state index >= 15 is 0 Å². The fraction of sp³-hybridized carbons (Fsp3) is 0.235. The Morgan fingerprint density at radius 1 is 1.10 bits per heavy atom. The molecule has 0 aliphatic rings. The van der Waals surface area contributed by atoms with Crippen LogP contribution in [0.5, 0.6) is 0 Å². The summed E-state index contributed by atoms with van der Waals surface area (Å²) in [4.78, 5) is 7.99. The van der Waals surface area contributed by atoms with Gasteiger partial charge >= 0.3 is 0 Å². The van der Waals surface area contributed by atoms with Gasteiger partial charge in [0.1, 0.15) is 5.82 Å². The molecular weight excluding hydrogens is 246 g/mol. The average Bonchev–Trinajstić information content (AvgIpc) is 2.90. The Balaban J connectivity index is 1.69. The molecule has 1 aromatic heterocycles. The Hall–Kier alpha value is -2.13. The molecule has 1 unspecified atom stereocenters. The number of aryl methyl sites for hydroxylation is 1. The molecule has 2 aromatic carbocycles. The van der Waals surface area contributed by atoms with E-state index in [1.807, 2.05) is 18.2 Å². The second kappa shape index (κ2) is 5.47. The minimum atomic E-state index is 0.198. The van der Waals surface area contributed by atoms with Crippen molar-refractivity contribution in [2.45, 2.75) is 26.4 Å². The molecule has 0 bridgehead atoms. The van der Waals surface area contributed by atoms with E-state index in [4.69, 9.17) is 0 Å². The van der Waals surface area contributed by atoms with Gasteiger partial charge in [-0.15, -0.1) is 0 Å². The zero-order valence-electron chi connectivity index (χ0n) is 11.9. The van der Waals surface area contributed by atoms with E-state index in [1.165, 1.54) is 11.1 Å². The fourth-order valence-electron chi connectivity index (χ4n) is 2.25. The van der Waals surface area contributed by atoms with Crippen molar-refractivity contribution in [3.63, 3.8) is 0 Å². The molecule has 3 rings (SSSR count). The van der Waals surface area contributed by atoms with E-state index in [1.54, 1.807) is 0 Å². The third-order valence-electron chi connectivity index (χ3n) is 3.55. The highest BCUT2D eigenvalue weighted by Gasteiger charge is 2.09. The standard InChI is InChI=1S/C17H19N3/c1-12-7-9-14(10-8-12)11-18-13(2)17-19-15-5-3-4-6-16(15)20-17/h3-10,13,18H,11H2,1-2H3,(H,19,20). The molecule has 0 fully saturated rings. The fourth-order valence-corrected chi connectivity index (χ4v) is 2.25. The SMILES string of the molecule is Cc1ccc(CNC(C)c2nc3ccccc3[nH]2)cc1. The Morgan fingerprint density at radius 2 is 1.85 bits per heavy atom. The molecule has 20 heavy (non-hydrogen) atoms. The molecule has 3 nitrogen and oxygen atoms in total. The third-order valence-corrected chi connectivity index (χ3v) is 3.55. The second-order valence-corrected chi connectivity index (χ2v) is 5.23. The van der Waals surface area contributed by atoms with Crippen LogP contribution in [-0.2, 0) is 6.54 Å². The molecule has 1 atom stereocenters. The van der Waals surface area contributed by atoms with Gasteiger partial charge in [0.2, 0.25) is 0 Å². The first kappa shape index (κ1) is 12.9. The first-order valence-corrected chi connectivity index (χ1v) is 6.96. The predicted molar refractivity (Wildman–Crippen MR) is 82.5 cm³/mol. The van der Waals surface area contributed by atoms with Crippen LogP contribution in [0.4, 0.5) is 0 Å².